The molecule has 0 aliphatic carbocycles. The lowest BCUT2D eigenvalue weighted by molar-refractivity contribution is -0.0513. The van der Waals surface area contributed by atoms with Gasteiger partial charge in [-0.25, -0.2) is 0 Å². The summed E-state index contributed by atoms with van der Waals surface area (Å²) in [5, 5.41) is 3.63. The number of ether oxygens (including phenoxy) is 2. The largest absolute Gasteiger partial charge is 0.497 e. The SMILES string of the molecule is COc1ccc2c(c1)Nc1ccc(CN3CCN(CC4COC4)CC3)cc1C2(C)C. The smallest absolute Gasteiger partial charge is 0.120 e. The molecular formula is C25H33N3O2. The molecule has 3 aliphatic heterocycles. The van der Waals surface area contributed by atoms with Crippen molar-refractivity contribution in [2.75, 3.05) is 58.4 Å². The molecule has 2 aromatic carbocycles. The van der Waals surface area contributed by atoms with E-state index in [0.717, 1.165) is 50.2 Å². The van der Waals surface area contributed by atoms with Crippen LogP contribution in [-0.2, 0) is 16.7 Å². The first-order valence-corrected chi connectivity index (χ1v) is 11.1. The molecule has 5 rings (SSSR count). The molecule has 0 unspecified atom stereocenters. The van der Waals surface area contributed by atoms with Crippen molar-refractivity contribution in [1.82, 2.24) is 9.80 Å². The van der Waals surface area contributed by atoms with Crippen molar-refractivity contribution >= 4 is 11.4 Å². The molecule has 0 bridgehead atoms. The van der Waals surface area contributed by atoms with Crippen molar-refractivity contribution < 1.29 is 9.47 Å². The zero-order valence-electron chi connectivity index (χ0n) is 18.4. The van der Waals surface area contributed by atoms with Crippen LogP contribution in [0.1, 0.15) is 30.5 Å². The van der Waals surface area contributed by atoms with Gasteiger partial charge in [-0.15, -0.1) is 0 Å². The van der Waals surface area contributed by atoms with Crippen molar-refractivity contribution in [3.8, 4) is 5.75 Å². The molecule has 0 saturated carbocycles. The number of nitrogens with one attached hydrogen (secondary N) is 1. The third-order valence-corrected chi connectivity index (χ3v) is 7.02. The maximum absolute atomic E-state index is 5.42. The molecular weight excluding hydrogens is 374 g/mol. The number of nitrogens with zero attached hydrogens (tertiary/aromatic N) is 2. The lowest BCUT2D eigenvalue weighted by Gasteiger charge is -2.39. The Morgan fingerprint density at radius 1 is 0.967 bits per heavy atom. The normalized spacial score (nSPS) is 21.3. The molecule has 2 aromatic rings. The highest BCUT2D eigenvalue weighted by Crippen LogP contribution is 2.46. The van der Waals surface area contributed by atoms with Gasteiger partial charge in [-0.1, -0.05) is 32.0 Å². The van der Waals surface area contributed by atoms with Gasteiger partial charge in [0.15, 0.2) is 0 Å². The van der Waals surface area contributed by atoms with Crippen LogP contribution in [0.15, 0.2) is 36.4 Å². The van der Waals surface area contributed by atoms with Gasteiger partial charge in [-0.2, -0.15) is 0 Å². The monoisotopic (exact) mass is 407 g/mol. The zero-order valence-corrected chi connectivity index (χ0v) is 18.4. The van der Waals surface area contributed by atoms with Crippen molar-refractivity contribution in [2.45, 2.75) is 25.8 Å². The minimum atomic E-state index is -0.0399. The molecule has 0 aromatic heterocycles. The Kier molecular flexibility index (Phi) is 5.21. The second-order valence-electron chi connectivity index (χ2n) is 9.52. The number of hydrogen-bond donors (Lipinski definition) is 1. The Balaban J connectivity index is 1.28. The topological polar surface area (TPSA) is 37.0 Å². The van der Waals surface area contributed by atoms with Gasteiger partial charge in [0.25, 0.3) is 0 Å². The minimum absolute atomic E-state index is 0.0399. The Morgan fingerprint density at radius 3 is 2.43 bits per heavy atom. The van der Waals surface area contributed by atoms with Crippen LogP contribution in [0.5, 0.6) is 5.75 Å². The molecule has 0 amide bonds. The van der Waals surface area contributed by atoms with Crippen molar-refractivity contribution in [3.63, 3.8) is 0 Å². The summed E-state index contributed by atoms with van der Waals surface area (Å²) in [5.41, 5.74) is 6.41. The highest BCUT2D eigenvalue weighted by atomic mass is 16.5. The average Bonchev–Trinajstić information content (AvgIpc) is 2.72. The number of anilines is 2. The minimum Gasteiger partial charge on any atom is -0.497 e. The first-order valence-electron chi connectivity index (χ1n) is 11.1. The molecule has 0 radical (unpaired) electrons. The van der Waals surface area contributed by atoms with Crippen LogP contribution in [0.25, 0.3) is 0 Å². The fourth-order valence-electron chi connectivity index (χ4n) is 5.05. The van der Waals surface area contributed by atoms with E-state index in [1.807, 2.05) is 0 Å². The van der Waals surface area contributed by atoms with E-state index in [1.54, 1.807) is 7.11 Å². The van der Waals surface area contributed by atoms with Crippen molar-refractivity contribution in [2.24, 2.45) is 5.92 Å². The summed E-state index contributed by atoms with van der Waals surface area (Å²) in [4.78, 5) is 5.20. The number of piperazine rings is 1. The standard InChI is InChI=1S/C25H33N3O2/c1-25(2)21-6-5-20(29-3)13-24(21)26-23-7-4-18(12-22(23)25)14-27-8-10-28(11-9-27)15-19-16-30-17-19/h4-7,12-13,19,26H,8-11,14-17H2,1-3H3. The van der Waals surface area contributed by atoms with Gasteiger partial charge in [0.05, 0.1) is 20.3 Å². The van der Waals surface area contributed by atoms with Crippen LogP contribution in [0, 0.1) is 5.92 Å². The van der Waals surface area contributed by atoms with Crippen molar-refractivity contribution in [1.29, 1.82) is 0 Å². The van der Waals surface area contributed by atoms with Gasteiger partial charge in [-0.05, 0) is 28.8 Å². The first kappa shape index (κ1) is 19.9. The predicted molar refractivity (Wildman–Crippen MR) is 121 cm³/mol. The zero-order chi connectivity index (χ0) is 20.7. The van der Waals surface area contributed by atoms with Crippen LogP contribution >= 0.6 is 0 Å². The third-order valence-electron chi connectivity index (χ3n) is 7.02. The summed E-state index contributed by atoms with van der Waals surface area (Å²) < 4.78 is 10.7. The Morgan fingerprint density at radius 2 is 1.73 bits per heavy atom. The summed E-state index contributed by atoms with van der Waals surface area (Å²) >= 11 is 0. The Bertz CT molecular complexity index is 915. The van der Waals surface area contributed by atoms with Crippen LogP contribution in [0.4, 0.5) is 11.4 Å². The molecule has 160 valence electrons. The highest BCUT2D eigenvalue weighted by molar-refractivity contribution is 5.76. The van der Waals surface area contributed by atoms with E-state index in [4.69, 9.17) is 9.47 Å². The molecule has 5 nitrogen and oxygen atoms in total. The summed E-state index contributed by atoms with van der Waals surface area (Å²) in [7, 11) is 1.72. The van der Waals surface area contributed by atoms with Crippen LogP contribution in [0.2, 0.25) is 0 Å². The quantitative estimate of drug-likeness (QED) is 0.815. The van der Waals surface area contributed by atoms with Gasteiger partial charge >= 0.3 is 0 Å². The molecule has 3 heterocycles. The molecule has 0 spiro atoms. The van der Waals surface area contributed by atoms with Gasteiger partial charge < -0.3 is 19.7 Å². The number of fused-ring (bicyclic) bond motifs is 2. The number of benzene rings is 2. The fourth-order valence-corrected chi connectivity index (χ4v) is 5.05. The van der Waals surface area contributed by atoms with E-state index in [-0.39, 0.29) is 5.41 Å². The summed E-state index contributed by atoms with van der Waals surface area (Å²) in [5.74, 6) is 1.65. The third kappa shape index (κ3) is 3.70. The molecule has 0 atom stereocenters. The summed E-state index contributed by atoms with van der Waals surface area (Å²) in [6.07, 6.45) is 0. The van der Waals surface area contributed by atoms with Gasteiger partial charge in [0, 0.05) is 68.0 Å². The highest BCUT2D eigenvalue weighted by Gasteiger charge is 2.33. The van der Waals surface area contributed by atoms with Crippen LogP contribution in [-0.4, -0.2) is 62.8 Å². The first-order chi connectivity index (χ1) is 14.5. The van der Waals surface area contributed by atoms with E-state index < -0.39 is 0 Å². The van der Waals surface area contributed by atoms with E-state index in [2.05, 4.69) is 65.4 Å². The maximum Gasteiger partial charge on any atom is 0.120 e. The van der Waals surface area contributed by atoms with Crippen LogP contribution < -0.4 is 10.1 Å². The number of methoxy groups -OCH3 is 1. The van der Waals surface area contributed by atoms with E-state index >= 15 is 0 Å². The second-order valence-corrected chi connectivity index (χ2v) is 9.52. The van der Waals surface area contributed by atoms with Crippen molar-refractivity contribution in [3.05, 3.63) is 53.1 Å². The molecule has 2 fully saturated rings. The molecule has 1 N–H and O–H groups in total. The average molecular weight is 408 g/mol. The van der Waals surface area contributed by atoms with E-state index in [0.29, 0.717) is 0 Å². The van der Waals surface area contributed by atoms with E-state index in [9.17, 15) is 0 Å². The predicted octanol–water partition coefficient (Wildman–Crippen LogP) is 3.84. The van der Waals surface area contributed by atoms with Gasteiger partial charge in [-0.3, -0.25) is 4.90 Å². The lowest BCUT2D eigenvalue weighted by Crippen LogP contribution is -2.49. The Labute approximate surface area is 180 Å². The Hall–Kier alpha value is -2.08. The molecule has 5 heteroatoms. The fraction of sp³-hybridized carbons (Fsp3) is 0.520. The van der Waals surface area contributed by atoms with Crippen LogP contribution in [0.3, 0.4) is 0 Å². The summed E-state index contributed by atoms with van der Waals surface area (Å²) in [6.45, 7) is 13.4. The molecule has 2 saturated heterocycles. The maximum atomic E-state index is 5.42. The number of hydrogen-bond acceptors (Lipinski definition) is 5. The van der Waals surface area contributed by atoms with E-state index in [1.165, 1.54) is 42.0 Å². The summed E-state index contributed by atoms with van der Waals surface area (Å²) in [6, 6.07) is 13.3. The molecule has 3 aliphatic rings. The van der Waals surface area contributed by atoms with Gasteiger partial charge in [0.1, 0.15) is 5.75 Å². The molecule has 30 heavy (non-hydrogen) atoms. The lowest BCUT2D eigenvalue weighted by atomic mass is 9.74. The van der Waals surface area contributed by atoms with Gasteiger partial charge in [0.2, 0.25) is 0 Å². The number of rotatable bonds is 5. The second kappa shape index (κ2) is 7.88.